The van der Waals surface area contributed by atoms with E-state index in [0.29, 0.717) is 18.4 Å². The summed E-state index contributed by atoms with van der Waals surface area (Å²) in [6.07, 6.45) is 6.83. The summed E-state index contributed by atoms with van der Waals surface area (Å²) >= 11 is 0. The van der Waals surface area contributed by atoms with E-state index >= 15 is 0 Å². The Morgan fingerprint density at radius 2 is 2.30 bits per heavy atom. The van der Waals surface area contributed by atoms with Crippen molar-refractivity contribution in [2.45, 2.75) is 18.6 Å². The Morgan fingerprint density at radius 3 is 3.04 bits per heavy atom. The second-order valence-corrected chi connectivity index (χ2v) is 6.55. The lowest BCUT2D eigenvalue weighted by Crippen LogP contribution is -2.64. The van der Waals surface area contributed by atoms with Crippen LogP contribution in [0, 0.1) is 5.92 Å². The molecule has 0 aromatic carbocycles. The van der Waals surface area contributed by atoms with Crippen LogP contribution in [-0.4, -0.2) is 51.6 Å². The summed E-state index contributed by atoms with van der Waals surface area (Å²) in [6, 6.07) is 5.75. The average molecular weight is 314 g/mol. The molecule has 0 amide bonds. The minimum Gasteiger partial charge on any atom is -0.477 e. The van der Waals surface area contributed by atoms with Crippen LogP contribution < -0.4 is 4.74 Å². The number of hydrogen-bond acceptors (Lipinski definition) is 5. The van der Waals surface area contributed by atoms with E-state index in [0.717, 1.165) is 32.7 Å². The van der Waals surface area contributed by atoms with E-state index < -0.39 is 0 Å². The lowest BCUT2D eigenvalue weighted by molar-refractivity contribution is -0.140. The van der Waals surface area contributed by atoms with E-state index in [1.165, 1.54) is 5.56 Å². The third-order valence-electron chi connectivity index (χ3n) is 4.82. The fourth-order valence-corrected chi connectivity index (χ4v) is 3.62. The van der Waals surface area contributed by atoms with Gasteiger partial charge in [-0.25, -0.2) is 4.98 Å². The predicted molar refractivity (Wildman–Crippen MR) is 85.0 cm³/mol. The molecule has 6 heteroatoms. The molecule has 1 unspecified atom stereocenters. The summed E-state index contributed by atoms with van der Waals surface area (Å²) in [5.74, 6) is 1.13. The van der Waals surface area contributed by atoms with Gasteiger partial charge in [-0.2, -0.15) is 5.10 Å². The van der Waals surface area contributed by atoms with Gasteiger partial charge in [-0.1, -0.05) is 6.07 Å². The second-order valence-electron chi connectivity index (χ2n) is 6.55. The van der Waals surface area contributed by atoms with E-state index in [2.05, 4.69) is 21.2 Å². The zero-order chi connectivity index (χ0) is 15.7. The van der Waals surface area contributed by atoms with Crippen LogP contribution in [0.1, 0.15) is 12.0 Å². The highest BCUT2D eigenvalue weighted by atomic mass is 16.5. The lowest BCUT2D eigenvalue weighted by Gasteiger charge is -2.50. The molecule has 2 saturated heterocycles. The van der Waals surface area contributed by atoms with Gasteiger partial charge in [0.25, 0.3) is 0 Å². The summed E-state index contributed by atoms with van der Waals surface area (Å²) in [7, 11) is 1.95. The van der Waals surface area contributed by atoms with Crippen molar-refractivity contribution in [2.75, 3.05) is 26.3 Å². The maximum absolute atomic E-state index is 6.09. The molecule has 1 spiro atoms. The van der Waals surface area contributed by atoms with Crippen LogP contribution in [-0.2, 0) is 18.3 Å². The number of hydrogen-bond donors (Lipinski definition) is 0. The smallest absolute Gasteiger partial charge is 0.213 e. The molecule has 6 nitrogen and oxygen atoms in total. The first kappa shape index (κ1) is 14.7. The van der Waals surface area contributed by atoms with Crippen LogP contribution in [0.25, 0.3) is 0 Å². The van der Waals surface area contributed by atoms with E-state index in [1.807, 2.05) is 36.1 Å². The van der Waals surface area contributed by atoms with Crippen molar-refractivity contribution in [3.8, 4) is 5.88 Å². The Bertz CT molecular complexity index is 652. The van der Waals surface area contributed by atoms with Crippen molar-refractivity contribution in [3.05, 3.63) is 42.4 Å². The van der Waals surface area contributed by atoms with Crippen molar-refractivity contribution in [2.24, 2.45) is 13.0 Å². The van der Waals surface area contributed by atoms with Crippen molar-refractivity contribution in [1.82, 2.24) is 19.7 Å². The minimum atomic E-state index is -0.0308. The lowest BCUT2D eigenvalue weighted by atomic mass is 9.81. The summed E-state index contributed by atoms with van der Waals surface area (Å²) < 4.78 is 13.8. The first-order valence-corrected chi connectivity index (χ1v) is 8.11. The topological polar surface area (TPSA) is 52.4 Å². The average Bonchev–Trinajstić information content (AvgIpc) is 3.12. The predicted octanol–water partition coefficient (Wildman–Crippen LogP) is 1.48. The largest absolute Gasteiger partial charge is 0.477 e. The second kappa shape index (κ2) is 5.94. The summed E-state index contributed by atoms with van der Waals surface area (Å²) in [4.78, 5) is 6.63. The fourth-order valence-electron chi connectivity index (χ4n) is 3.62. The number of pyridine rings is 1. The van der Waals surface area contributed by atoms with Crippen LogP contribution in [0.3, 0.4) is 0 Å². The van der Waals surface area contributed by atoms with E-state index in [1.54, 1.807) is 6.20 Å². The van der Waals surface area contributed by atoms with E-state index in [-0.39, 0.29) is 5.60 Å². The van der Waals surface area contributed by atoms with Gasteiger partial charge in [0, 0.05) is 63.2 Å². The molecule has 2 aromatic rings. The van der Waals surface area contributed by atoms with Gasteiger partial charge >= 0.3 is 0 Å². The molecule has 0 aliphatic carbocycles. The van der Waals surface area contributed by atoms with Gasteiger partial charge in [0.05, 0.1) is 18.4 Å². The highest BCUT2D eigenvalue weighted by Crippen LogP contribution is 2.40. The monoisotopic (exact) mass is 314 g/mol. The number of ether oxygens (including phenoxy) is 2. The normalized spacial score (nSPS) is 23.1. The van der Waals surface area contributed by atoms with Gasteiger partial charge in [0.2, 0.25) is 5.88 Å². The standard InChI is InChI=1S/C17H22N4O2/c1-20-9-14(8-19-20)10-21-12-17(13-21)15(5-7-23-17)11-22-16-4-2-3-6-18-16/h2-4,6,8-9,15H,5,7,10-13H2,1H3. The number of likely N-dealkylation sites (tertiary alicyclic amines) is 1. The van der Waals surface area contributed by atoms with Crippen molar-refractivity contribution < 1.29 is 9.47 Å². The maximum atomic E-state index is 6.09. The first-order valence-electron chi connectivity index (χ1n) is 8.11. The Labute approximate surface area is 136 Å². The van der Waals surface area contributed by atoms with Gasteiger partial charge in [0.1, 0.15) is 0 Å². The Balaban J connectivity index is 1.32. The summed E-state index contributed by atoms with van der Waals surface area (Å²) in [5, 5.41) is 4.23. The number of aryl methyl sites for hydroxylation is 1. The van der Waals surface area contributed by atoms with Crippen molar-refractivity contribution >= 4 is 0 Å². The molecule has 0 radical (unpaired) electrons. The van der Waals surface area contributed by atoms with Crippen LogP contribution in [0.15, 0.2) is 36.8 Å². The number of rotatable bonds is 5. The molecule has 2 aliphatic heterocycles. The molecule has 2 aliphatic rings. The van der Waals surface area contributed by atoms with Gasteiger partial charge in [0.15, 0.2) is 0 Å². The van der Waals surface area contributed by atoms with Crippen LogP contribution >= 0.6 is 0 Å². The van der Waals surface area contributed by atoms with Gasteiger partial charge in [-0.05, 0) is 12.5 Å². The molecule has 0 saturated carbocycles. The zero-order valence-electron chi connectivity index (χ0n) is 13.4. The first-order chi connectivity index (χ1) is 11.2. The van der Waals surface area contributed by atoms with Gasteiger partial charge < -0.3 is 9.47 Å². The molecule has 4 heterocycles. The summed E-state index contributed by atoms with van der Waals surface area (Å²) in [6.45, 7) is 4.39. The molecule has 1 atom stereocenters. The molecular formula is C17H22N4O2. The quantitative estimate of drug-likeness (QED) is 0.837. The third-order valence-corrected chi connectivity index (χ3v) is 4.82. The molecule has 2 aromatic heterocycles. The van der Waals surface area contributed by atoms with Crippen LogP contribution in [0.4, 0.5) is 0 Å². The number of aromatic nitrogens is 3. The molecule has 4 rings (SSSR count). The minimum absolute atomic E-state index is 0.0308. The zero-order valence-corrected chi connectivity index (χ0v) is 13.4. The summed E-state index contributed by atoms with van der Waals surface area (Å²) in [5.41, 5.74) is 1.22. The highest BCUT2D eigenvalue weighted by Gasteiger charge is 2.53. The Hall–Kier alpha value is -1.92. The fraction of sp³-hybridized carbons (Fsp3) is 0.529. The Kier molecular flexibility index (Phi) is 3.79. The maximum Gasteiger partial charge on any atom is 0.213 e. The SMILES string of the molecule is Cn1cc(CN2CC3(C2)OCCC3COc2ccccn2)cn1. The molecule has 0 bridgehead atoms. The Morgan fingerprint density at radius 1 is 1.39 bits per heavy atom. The van der Waals surface area contributed by atoms with E-state index in [9.17, 15) is 0 Å². The van der Waals surface area contributed by atoms with E-state index in [4.69, 9.17) is 9.47 Å². The van der Waals surface area contributed by atoms with Gasteiger partial charge in [-0.3, -0.25) is 9.58 Å². The molecule has 23 heavy (non-hydrogen) atoms. The number of nitrogens with zero attached hydrogens (tertiary/aromatic N) is 4. The molecule has 0 N–H and O–H groups in total. The molecule has 2 fully saturated rings. The van der Waals surface area contributed by atoms with Crippen molar-refractivity contribution in [1.29, 1.82) is 0 Å². The van der Waals surface area contributed by atoms with Gasteiger partial charge in [-0.15, -0.1) is 0 Å². The molecular weight excluding hydrogens is 292 g/mol. The third kappa shape index (κ3) is 2.96. The van der Waals surface area contributed by atoms with Crippen molar-refractivity contribution in [3.63, 3.8) is 0 Å². The van der Waals surface area contributed by atoms with Crippen LogP contribution in [0.5, 0.6) is 5.88 Å². The highest BCUT2D eigenvalue weighted by molar-refractivity contribution is 5.12. The molecule has 122 valence electrons. The van der Waals surface area contributed by atoms with Crippen LogP contribution in [0.2, 0.25) is 0 Å².